The highest BCUT2D eigenvalue weighted by Crippen LogP contribution is 2.84. The van der Waals surface area contributed by atoms with Crippen molar-refractivity contribution in [3.8, 4) is 0 Å². The first-order valence-corrected chi connectivity index (χ1v) is 8.27. The molecule has 2 saturated carbocycles. The predicted molar refractivity (Wildman–Crippen MR) is 76.1 cm³/mol. The first-order valence-electron chi connectivity index (χ1n) is 8.27. The van der Waals surface area contributed by atoms with Crippen LogP contribution in [0, 0.1) is 23.2 Å². The van der Waals surface area contributed by atoms with Gasteiger partial charge in [-0.2, -0.15) is 0 Å². The average Bonchev–Trinajstić information content (AvgIpc) is 3.20. The molecule has 0 aromatic heterocycles. The third-order valence-electron chi connectivity index (χ3n) is 5.82. The molecule has 0 aromatic carbocycles. The standard InChI is InChI=1S/C17H32/c1-4-6-7-8-9-10-11-12-15-16-13-17(15,16)14(3)5-2/h14-16H,4-13H2,1-3H3. The van der Waals surface area contributed by atoms with Gasteiger partial charge in [0.25, 0.3) is 0 Å². The third kappa shape index (κ3) is 2.71. The zero-order valence-corrected chi connectivity index (χ0v) is 12.3. The van der Waals surface area contributed by atoms with Crippen molar-refractivity contribution < 1.29 is 0 Å². The van der Waals surface area contributed by atoms with E-state index in [2.05, 4.69) is 20.8 Å². The molecule has 0 bridgehead atoms. The minimum atomic E-state index is 0.886. The lowest BCUT2D eigenvalue weighted by molar-refractivity contribution is 0.326. The maximum atomic E-state index is 2.49. The van der Waals surface area contributed by atoms with Crippen LogP contribution in [0.5, 0.6) is 0 Å². The summed E-state index contributed by atoms with van der Waals surface area (Å²) in [6, 6.07) is 0. The molecule has 0 aromatic rings. The molecule has 17 heavy (non-hydrogen) atoms. The van der Waals surface area contributed by atoms with Crippen LogP contribution < -0.4 is 0 Å². The fourth-order valence-electron chi connectivity index (χ4n) is 4.19. The molecular formula is C17H32. The van der Waals surface area contributed by atoms with Crippen molar-refractivity contribution in [2.24, 2.45) is 23.2 Å². The van der Waals surface area contributed by atoms with Crippen molar-refractivity contribution in [2.45, 2.75) is 85.0 Å². The van der Waals surface area contributed by atoms with Crippen LogP contribution in [-0.4, -0.2) is 0 Å². The number of hydrogen-bond acceptors (Lipinski definition) is 0. The van der Waals surface area contributed by atoms with Gasteiger partial charge in [-0.1, -0.05) is 72.1 Å². The maximum absolute atomic E-state index is 2.49. The Morgan fingerprint density at radius 2 is 1.65 bits per heavy atom. The van der Waals surface area contributed by atoms with Gasteiger partial charge in [0.15, 0.2) is 0 Å². The number of fused-ring (bicyclic) bond motifs is 1. The van der Waals surface area contributed by atoms with Gasteiger partial charge < -0.3 is 0 Å². The average molecular weight is 236 g/mol. The zero-order valence-electron chi connectivity index (χ0n) is 12.3. The van der Waals surface area contributed by atoms with Gasteiger partial charge in [-0.3, -0.25) is 0 Å². The Hall–Kier alpha value is 0. The van der Waals surface area contributed by atoms with E-state index in [0.29, 0.717) is 0 Å². The lowest BCUT2D eigenvalue weighted by atomic mass is 9.88. The van der Waals surface area contributed by atoms with Gasteiger partial charge in [0, 0.05) is 0 Å². The van der Waals surface area contributed by atoms with E-state index in [1.165, 1.54) is 57.3 Å². The highest BCUT2D eigenvalue weighted by atomic mass is 14.8. The highest BCUT2D eigenvalue weighted by molar-refractivity contribution is 5.26. The van der Waals surface area contributed by atoms with E-state index in [9.17, 15) is 0 Å². The molecule has 2 aliphatic carbocycles. The number of rotatable bonds is 10. The Kier molecular flexibility index (Phi) is 4.55. The zero-order chi connectivity index (χ0) is 12.3. The van der Waals surface area contributed by atoms with E-state index in [4.69, 9.17) is 0 Å². The van der Waals surface area contributed by atoms with Crippen molar-refractivity contribution in [1.29, 1.82) is 0 Å². The minimum Gasteiger partial charge on any atom is -0.0654 e. The van der Waals surface area contributed by atoms with Crippen LogP contribution in [0.4, 0.5) is 0 Å². The fraction of sp³-hybridized carbons (Fsp3) is 1.00. The second-order valence-corrected chi connectivity index (χ2v) is 6.75. The highest BCUT2D eigenvalue weighted by Gasteiger charge is 2.78. The SMILES string of the molecule is CCCCCCCCCC1C2CC12C(C)CC. The molecule has 0 N–H and O–H groups in total. The van der Waals surface area contributed by atoms with E-state index < -0.39 is 0 Å². The van der Waals surface area contributed by atoms with Crippen molar-refractivity contribution >= 4 is 0 Å². The molecule has 0 aliphatic heterocycles. The largest absolute Gasteiger partial charge is 0.0654 e. The summed E-state index contributed by atoms with van der Waals surface area (Å²) in [5, 5.41) is 0. The summed E-state index contributed by atoms with van der Waals surface area (Å²) < 4.78 is 0. The third-order valence-corrected chi connectivity index (χ3v) is 5.82. The quantitative estimate of drug-likeness (QED) is 0.420. The van der Waals surface area contributed by atoms with Crippen LogP contribution in [0.3, 0.4) is 0 Å². The van der Waals surface area contributed by atoms with Gasteiger partial charge in [0.05, 0.1) is 0 Å². The molecule has 0 radical (unpaired) electrons. The molecular weight excluding hydrogens is 204 g/mol. The van der Waals surface area contributed by atoms with Crippen molar-refractivity contribution in [3.63, 3.8) is 0 Å². The first kappa shape index (κ1) is 13.4. The Balaban J connectivity index is 1.46. The smallest absolute Gasteiger partial charge is 0.0206 e. The molecule has 0 amide bonds. The molecule has 2 fully saturated rings. The lowest BCUT2D eigenvalue weighted by Crippen LogP contribution is -2.08. The van der Waals surface area contributed by atoms with Crippen LogP contribution in [0.1, 0.15) is 85.0 Å². The summed E-state index contributed by atoms with van der Waals surface area (Å²) >= 11 is 0. The summed E-state index contributed by atoms with van der Waals surface area (Å²) in [5.41, 5.74) is 0.886. The Bertz CT molecular complexity index is 232. The van der Waals surface area contributed by atoms with Crippen molar-refractivity contribution in [2.75, 3.05) is 0 Å². The number of hydrogen-bond donors (Lipinski definition) is 0. The monoisotopic (exact) mass is 236 g/mol. The summed E-state index contributed by atoms with van der Waals surface area (Å²) in [6.45, 7) is 7.16. The molecule has 0 heteroatoms. The van der Waals surface area contributed by atoms with Crippen LogP contribution in [0.2, 0.25) is 0 Å². The summed E-state index contributed by atoms with van der Waals surface area (Å²) in [4.78, 5) is 0. The second-order valence-electron chi connectivity index (χ2n) is 6.75. The van der Waals surface area contributed by atoms with E-state index in [-0.39, 0.29) is 0 Å². The van der Waals surface area contributed by atoms with E-state index in [0.717, 1.165) is 17.3 Å². The van der Waals surface area contributed by atoms with Gasteiger partial charge in [-0.15, -0.1) is 0 Å². The minimum absolute atomic E-state index is 0.886. The van der Waals surface area contributed by atoms with Crippen LogP contribution >= 0.6 is 0 Å². The Morgan fingerprint density at radius 1 is 1.00 bits per heavy atom. The molecule has 0 spiro atoms. The Labute approximate surface area is 109 Å². The molecule has 0 heterocycles. The maximum Gasteiger partial charge on any atom is -0.0206 e. The van der Waals surface area contributed by atoms with Gasteiger partial charge >= 0.3 is 0 Å². The fourth-order valence-corrected chi connectivity index (χ4v) is 4.19. The molecule has 100 valence electrons. The molecule has 0 saturated heterocycles. The molecule has 2 rings (SSSR count). The van der Waals surface area contributed by atoms with E-state index in [1.807, 2.05) is 0 Å². The van der Waals surface area contributed by atoms with Gasteiger partial charge in [-0.25, -0.2) is 0 Å². The molecule has 4 atom stereocenters. The lowest BCUT2D eigenvalue weighted by Gasteiger charge is -2.17. The van der Waals surface area contributed by atoms with E-state index >= 15 is 0 Å². The molecule has 4 unspecified atom stereocenters. The topological polar surface area (TPSA) is 0 Å². The van der Waals surface area contributed by atoms with Crippen LogP contribution in [0.25, 0.3) is 0 Å². The van der Waals surface area contributed by atoms with Gasteiger partial charge in [-0.05, 0) is 36.0 Å². The molecule has 2 aliphatic rings. The van der Waals surface area contributed by atoms with Gasteiger partial charge in [0.2, 0.25) is 0 Å². The summed E-state index contributed by atoms with van der Waals surface area (Å²) in [6.07, 6.45) is 14.8. The predicted octanol–water partition coefficient (Wildman–Crippen LogP) is 5.81. The number of unbranched alkanes of at least 4 members (excludes halogenated alkanes) is 6. The second kappa shape index (κ2) is 5.76. The first-order chi connectivity index (χ1) is 8.27. The van der Waals surface area contributed by atoms with Crippen molar-refractivity contribution in [1.82, 2.24) is 0 Å². The van der Waals surface area contributed by atoms with Crippen molar-refractivity contribution in [3.05, 3.63) is 0 Å². The molecule has 0 nitrogen and oxygen atoms in total. The van der Waals surface area contributed by atoms with Crippen LogP contribution in [0.15, 0.2) is 0 Å². The Morgan fingerprint density at radius 3 is 2.24 bits per heavy atom. The van der Waals surface area contributed by atoms with E-state index in [1.54, 1.807) is 12.8 Å². The summed E-state index contributed by atoms with van der Waals surface area (Å²) in [5.74, 6) is 3.35. The van der Waals surface area contributed by atoms with Gasteiger partial charge in [0.1, 0.15) is 0 Å². The normalized spacial score (nSPS) is 35.5. The summed E-state index contributed by atoms with van der Waals surface area (Å²) in [7, 11) is 0. The van der Waals surface area contributed by atoms with Crippen LogP contribution in [-0.2, 0) is 0 Å².